The lowest BCUT2D eigenvalue weighted by Crippen LogP contribution is -2.18. The summed E-state index contributed by atoms with van der Waals surface area (Å²) in [5.41, 5.74) is 0.307. The predicted octanol–water partition coefficient (Wildman–Crippen LogP) is 6.39. The molecule has 1 fully saturated rings. The quantitative estimate of drug-likeness (QED) is 0.351. The Bertz CT molecular complexity index is 1250. The summed E-state index contributed by atoms with van der Waals surface area (Å²) in [6, 6.07) is 11.2. The molecular formula is C27H26F3N3O4. The van der Waals surface area contributed by atoms with E-state index < -0.39 is 23.5 Å². The SMILES string of the molecule is CCOC(=O)[C@@H]1CC[C@H](CC=Cc2ccc(NC(=O)c3nc(-c4ccccc4)oc3C(F)(F)F)cn2)C1. The van der Waals surface area contributed by atoms with Gasteiger partial charge in [0, 0.05) is 5.56 Å². The number of carbonyl (C=O) groups excluding carboxylic acids is 2. The Morgan fingerprint density at radius 2 is 1.95 bits per heavy atom. The van der Waals surface area contributed by atoms with Crippen LogP contribution in [0, 0.1) is 11.8 Å². The maximum atomic E-state index is 13.5. The van der Waals surface area contributed by atoms with E-state index in [4.69, 9.17) is 9.15 Å². The second-order valence-corrected chi connectivity index (χ2v) is 8.75. The van der Waals surface area contributed by atoms with Crippen molar-refractivity contribution in [3.05, 3.63) is 71.9 Å². The zero-order chi connectivity index (χ0) is 26.4. The van der Waals surface area contributed by atoms with E-state index in [1.54, 1.807) is 37.3 Å². The number of benzene rings is 1. The van der Waals surface area contributed by atoms with E-state index in [9.17, 15) is 22.8 Å². The number of nitrogens with zero attached hydrogens (tertiary/aromatic N) is 2. The summed E-state index contributed by atoms with van der Waals surface area (Å²) < 4.78 is 50.5. The van der Waals surface area contributed by atoms with Gasteiger partial charge >= 0.3 is 12.1 Å². The Kier molecular flexibility index (Phi) is 8.05. The van der Waals surface area contributed by atoms with E-state index in [2.05, 4.69) is 15.3 Å². The van der Waals surface area contributed by atoms with Crippen LogP contribution in [0.2, 0.25) is 0 Å². The Morgan fingerprint density at radius 3 is 2.62 bits per heavy atom. The van der Waals surface area contributed by atoms with Crippen molar-refractivity contribution in [2.24, 2.45) is 11.8 Å². The van der Waals surface area contributed by atoms with Crippen LogP contribution in [0.25, 0.3) is 17.5 Å². The van der Waals surface area contributed by atoms with Crippen molar-refractivity contribution in [1.29, 1.82) is 0 Å². The van der Waals surface area contributed by atoms with Gasteiger partial charge in [-0.05, 0) is 68.9 Å². The van der Waals surface area contributed by atoms with Crippen LogP contribution >= 0.6 is 0 Å². The molecule has 10 heteroatoms. The second kappa shape index (κ2) is 11.4. The van der Waals surface area contributed by atoms with Crippen LogP contribution in [0.1, 0.15) is 54.5 Å². The number of allylic oxidation sites excluding steroid dienone is 1. The van der Waals surface area contributed by atoms with Crippen LogP contribution in [0.3, 0.4) is 0 Å². The molecule has 1 N–H and O–H groups in total. The first kappa shape index (κ1) is 26.1. The number of alkyl halides is 3. The standard InChI is InChI=1S/C27H26F3N3O4/c1-2-36-26(35)19-12-11-17(15-19)7-6-10-20-13-14-21(16-31-20)32-24(34)22-23(27(28,29)30)37-25(33-22)18-8-4-3-5-9-18/h3-6,8-10,13-14,16-17,19H,2,7,11-12,15H2,1H3,(H,32,34)/t17-,19+/m0/s1. The van der Waals surface area contributed by atoms with Gasteiger partial charge in [-0.2, -0.15) is 13.2 Å². The molecule has 7 nitrogen and oxygen atoms in total. The molecule has 0 saturated heterocycles. The fraction of sp³-hybridized carbons (Fsp3) is 0.333. The predicted molar refractivity (Wildman–Crippen MR) is 130 cm³/mol. The number of halogens is 3. The van der Waals surface area contributed by atoms with Gasteiger partial charge in [-0.25, -0.2) is 4.98 Å². The van der Waals surface area contributed by atoms with E-state index in [0.29, 0.717) is 23.8 Å². The van der Waals surface area contributed by atoms with Crippen molar-refractivity contribution in [2.75, 3.05) is 11.9 Å². The summed E-state index contributed by atoms with van der Waals surface area (Å²) >= 11 is 0. The van der Waals surface area contributed by atoms with Crippen molar-refractivity contribution in [1.82, 2.24) is 9.97 Å². The topological polar surface area (TPSA) is 94.3 Å². The molecule has 0 radical (unpaired) electrons. The van der Waals surface area contributed by atoms with Crippen LogP contribution in [0.15, 0.2) is 59.2 Å². The monoisotopic (exact) mass is 513 g/mol. The number of hydrogen-bond donors (Lipinski definition) is 1. The van der Waals surface area contributed by atoms with E-state index >= 15 is 0 Å². The van der Waals surface area contributed by atoms with Gasteiger partial charge in [0.25, 0.3) is 5.91 Å². The lowest BCUT2D eigenvalue weighted by atomic mass is 10.0. The molecule has 37 heavy (non-hydrogen) atoms. The summed E-state index contributed by atoms with van der Waals surface area (Å²) in [7, 11) is 0. The summed E-state index contributed by atoms with van der Waals surface area (Å²) in [5, 5.41) is 2.40. The summed E-state index contributed by atoms with van der Waals surface area (Å²) in [6.07, 6.45) is 3.66. The lowest BCUT2D eigenvalue weighted by Gasteiger charge is -2.09. The van der Waals surface area contributed by atoms with Crippen LogP contribution in [-0.4, -0.2) is 28.5 Å². The Morgan fingerprint density at radius 1 is 1.16 bits per heavy atom. The maximum Gasteiger partial charge on any atom is 0.452 e. The third kappa shape index (κ3) is 6.63. The minimum Gasteiger partial charge on any atom is -0.466 e. The molecule has 0 spiro atoms. The lowest BCUT2D eigenvalue weighted by molar-refractivity contribution is -0.153. The highest BCUT2D eigenvalue weighted by Crippen LogP contribution is 2.36. The van der Waals surface area contributed by atoms with Crippen molar-refractivity contribution < 1.29 is 31.9 Å². The first-order valence-electron chi connectivity index (χ1n) is 12.0. The van der Waals surface area contributed by atoms with Crippen LogP contribution in [0.5, 0.6) is 0 Å². The fourth-order valence-electron chi connectivity index (χ4n) is 4.28. The first-order valence-corrected chi connectivity index (χ1v) is 12.0. The van der Waals surface area contributed by atoms with Crippen molar-refractivity contribution in [3.8, 4) is 11.5 Å². The molecule has 3 aromatic rings. The van der Waals surface area contributed by atoms with Crippen molar-refractivity contribution >= 4 is 23.6 Å². The number of ether oxygens (including phenoxy) is 1. The van der Waals surface area contributed by atoms with Crippen LogP contribution in [-0.2, 0) is 15.7 Å². The molecular weight excluding hydrogens is 487 g/mol. The molecule has 0 bridgehead atoms. The van der Waals surface area contributed by atoms with Gasteiger partial charge in [0.1, 0.15) is 0 Å². The average Bonchev–Trinajstić information content (AvgIpc) is 3.54. The van der Waals surface area contributed by atoms with E-state index in [0.717, 1.165) is 25.7 Å². The highest BCUT2D eigenvalue weighted by molar-refractivity contribution is 6.03. The number of oxazole rings is 1. The van der Waals surface area contributed by atoms with Crippen molar-refractivity contribution in [3.63, 3.8) is 0 Å². The van der Waals surface area contributed by atoms with Gasteiger partial charge in [-0.3, -0.25) is 14.6 Å². The number of pyridine rings is 1. The highest BCUT2D eigenvalue weighted by atomic mass is 19.4. The molecule has 1 aromatic carbocycles. The molecule has 1 aliphatic carbocycles. The van der Waals surface area contributed by atoms with Gasteiger partial charge in [-0.1, -0.05) is 24.3 Å². The van der Waals surface area contributed by atoms with Gasteiger partial charge < -0.3 is 14.5 Å². The van der Waals surface area contributed by atoms with E-state index in [1.165, 1.54) is 18.3 Å². The number of aromatic nitrogens is 2. The zero-order valence-electron chi connectivity index (χ0n) is 20.1. The second-order valence-electron chi connectivity index (χ2n) is 8.75. The van der Waals surface area contributed by atoms with Gasteiger partial charge in [0.05, 0.1) is 30.1 Å². The summed E-state index contributed by atoms with van der Waals surface area (Å²) in [5.74, 6) is -2.58. The smallest absolute Gasteiger partial charge is 0.452 e. The van der Waals surface area contributed by atoms with Crippen LogP contribution in [0.4, 0.5) is 18.9 Å². The minimum atomic E-state index is -4.89. The van der Waals surface area contributed by atoms with E-state index in [-0.39, 0.29) is 23.5 Å². The first-order chi connectivity index (χ1) is 17.7. The Labute approximate surface area is 211 Å². The van der Waals surface area contributed by atoms with Gasteiger partial charge in [0.2, 0.25) is 11.7 Å². The third-order valence-corrected chi connectivity index (χ3v) is 6.08. The van der Waals surface area contributed by atoms with Gasteiger partial charge in [-0.15, -0.1) is 0 Å². The number of rotatable bonds is 8. The minimum absolute atomic E-state index is 0.0364. The molecule has 2 atom stereocenters. The molecule has 0 aliphatic heterocycles. The molecule has 1 amide bonds. The molecule has 4 rings (SSSR count). The van der Waals surface area contributed by atoms with Gasteiger partial charge in [0.15, 0.2) is 5.69 Å². The largest absolute Gasteiger partial charge is 0.466 e. The molecule has 2 aromatic heterocycles. The Hall–Kier alpha value is -3.95. The molecule has 2 heterocycles. The third-order valence-electron chi connectivity index (χ3n) is 6.08. The highest BCUT2D eigenvalue weighted by Gasteiger charge is 2.42. The fourth-order valence-corrected chi connectivity index (χ4v) is 4.28. The number of carbonyl (C=O) groups is 2. The molecule has 0 unspecified atom stereocenters. The average molecular weight is 514 g/mol. The number of amides is 1. The number of anilines is 1. The Balaban J connectivity index is 1.37. The molecule has 1 saturated carbocycles. The molecule has 1 aliphatic rings. The van der Waals surface area contributed by atoms with Crippen LogP contribution < -0.4 is 5.32 Å². The number of esters is 1. The zero-order valence-corrected chi connectivity index (χ0v) is 20.1. The summed E-state index contributed by atoms with van der Waals surface area (Å²) in [6.45, 7) is 2.19. The molecule has 194 valence electrons. The number of hydrogen-bond acceptors (Lipinski definition) is 6. The number of nitrogens with one attached hydrogen (secondary N) is 1. The van der Waals surface area contributed by atoms with Crippen molar-refractivity contribution in [2.45, 2.75) is 38.8 Å². The van der Waals surface area contributed by atoms with E-state index in [1.807, 2.05) is 12.2 Å². The normalized spacial score (nSPS) is 17.7. The summed E-state index contributed by atoms with van der Waals surface area (Å²) in [4.78, 5) is 32.6. The maximum absolute atomic E-state index is 13.5.